The van der Waals surface area contributed by atoms with Crippen molar-refractivity contribution >= 4 is 35.5 Å². The summed E-state index contributed by atoms with van der Waals surface area (Å²) in [5, 5.41) is 64.4. The van der Waals surface area contributed by atoms with E-state index >= 15 is 0 Å². The van der Waals surface area contributed by atoms with Gasteiger partial charge in [-0.2, -0.15) is 0 Å². The van der Waals surface area contributed by atoms with Gasteiger partial charge in [0, 0.05) is 5.75 Å². The van der Waals surface area contributed by atoms with Crippen LogP contribution in [-0.4, -0.2) is 109 Å². The van der Waals surface area contributed by atoms with Crippen LogP contribution in [0.5, 0.6) is 5.75 Å². The van der Waals surface area contributed by atoms with E-state index in [9.17, 15) is 53.5 Å². The zero-order valence-corrected chi connectivity index (χ0v) is 26.9. The van der Waals surface area contributed by atoms with Crippen molar-refractivity contribution in [2.24, 2.45) is 0 Å². The summed E-state index contributed by atoms with van der Waals surface area (Å²) in [5.74, 6) is -4.53. The number of benzene rings is 3. The van der Waals surface area contributed by atoms with E-state index in [1.54, 1.807) is 12.1 Å². The number of aliphatic hydroxyl groups excluding tert-OH is 5. The zero-order chi connectivity index (χ0) is 36.6. The number of ether oxygens (including phenoxy) is 1. The van der Waals surface area contributed by atoms with Crippen molar-refractivity contribution in [2.45, 2.75) is 41.2 Å². The largest absolute Gasteiger partial charge is 0.484 e. The van der Waals surface area contributed by atoms with Crippen LogP contribution in [0, 0.1) is 11.6 Å². The molecule has 1 heterocycles. The standard InChI is InChI=1S/C33H35F2N3O11S/c34-20-7-1-17(2-8-20)24(41)16-50-30-31(46)38-33(30,18-3-9-21(35)10-4-18)19-5-11-22(12-6-19)49-15-26(43)36-13-25(42)37-27(32(47)48)29(45)28(44)23(40)14-39/h1-12,23-24,27-30,39-41,44-45H,13-16H2,(H,36,43)(H,37,42)(H,38,46)(H,47,48)/t23-,24?,27-,28-,29-,30+,33+/m1/s1. The molecular weight excluding hydrogens is 684 g/mol. The lowest BCUT2D eigenvalue weighted by atomic mass is 9.74. The van der Waals surface area contributed by atoms with E-state index in [2.05, 4.69) is 10.6 Å². The molecular formula is C33H35F2N3O11S. The molecule has 50 heavy (non-hydrogen) atoms. The number of hydrogen-bond acceptors (Lipinski definition) is 11. The molecule has 0 aliphatic carbocycles. The molecule has 9 N–H and O–H groups in total. The number of nitrogens with one attached hydrogen (secondary N) is 3. The van der Waals surface area contributed by atoms with Gasteiger partial charge < -0.3 is 51.3 Å². The Labute approximate surface area is 288 Å². The number of carboxylic acid groups (broad SMARTS) is 1. The quantitative estimate of drug-likeness (QED) is 0.0790. The predicted octanol–water partition coefficient (Wildman–Crippen LogP) is -0.687. The molecule has 3 aromatic rings. The smallest absolute Gasteiger partial charge is 0.329 e. The molecule has 0 radical (unpaired) electrons. The van der Waals surface area contributed by atoms with Gasteiger partial charge >= 0.3 is 5.97 Å². The molecule has 17 heteroatoms. The van der Waals surface area contributed by atoms with Gasteiger partial charge in [0.25, 0.3) is 5.91 Å². The Morgan fingerprint density at radius 3 is 1.96 bits per heavy atom. The monoisotopic (exact) mass is 719 g/mol. The van der Waals surface area contributed by atoms with Gasteiger partial charge in [-0.15, -0.1) is 11.8 Å². The van der Waals surface area contributed by atoms with Gasteiger partial charge in [0.05, 0.1) is 19.3 Å². The lowest BCUT2D eigenvalue weighted by molar-refractivity contribution is -0.151. The molecule has 3 amide bonds. The highest BCUT2D eigenvalue weighted by molar-refractivity contribution is 8.00. The van der Waals surface area contributed by atoms with Gasteiger partial charge in [-0.1, -0.05) is 36.4 Å². The van der Waals surface area contributed by atoms with Crippen molar-refractivity contribution in [3.63, 3.8) is 0 Å². The first-order valence-electron chi connectivity index (χ1n) is 15.1. The van der Waals surface area contributed by atoms with Crippen molar-refractivity contribution < 1.29 is 63.3 Å². The van der Waals surface area contributed by atoms with E-state index in [0.717, 1.165) is 0 Å². The van der Waals surface area contributed by atoms with E-state index in [0.29, 0.717) is 16.7 Å². The van der Waals surface area contributed by atoms with Gasteiger partial charge in [0.1, 0.15) is 46.5 Å². The van der Waals surface area contributed by atoms with Crippen molar-refractivity contribution in [2.75, 3.05) is 25.5 Å². The summed E-state index contributed by atoms with van der Waals surface area (Å²) in [7, 11) is 0. The van der Waals surface area contributed by atoms with Crippen LogP contribution in [0.2, 0.25) is 0 Å². The number of carboxylic acids is 1. The van der Waals surface area contributed by atoms with E-state index < -0.39 is 90.4 Å². The number of hydrogen-bond donors (Lipinski definition) is 9. The van der Waals surface area contributed by atoms with Crippen molar-refractivity contribution in [1.82, 2.24) is 16.0 Å². The molecule has 0 bridgehead atoms. The summed E-state index contributed by atoms with van der Waals surface area (Å²) in [6.45, 7) is -2.28. The molecule has 0 saturated carbocycles. The molecule has 268 valence electrons. The normalized spacial score (nSPS) is 19.9. The van der Waals surface area contributed by atoms with Crippen LogP contribution in [0.3, 0.4) is 0 Å². The number of aliphatic hydroxyl groups is 5. The summed E-state index contributed by atoms with van der Waals surface area (Å²) in [4.78, 5) is 48.9. The molecule has 7 atom stereocenters. The molecule has 4 rings (SSSR count). The summed E-state index contributed by atoms with van der Waals surface area (Å²) in [6.07, 6.45) is -7.15. The third-order valence-electron chi connectivity index (χ3n) is 7.91. The average Bonchev–Trinajstić information content (AvgIpc) is 3.10. The molecule has 1 aliphatic rings. The Morgan fingerprint density at radius 1 is 0.860 bits per heavy atom. The number of carbonyl (C=O) groups is 4. The highest BCUT2D eigenvalue weighted by Crippen LogP contribution is 2.46. The van der Waals surface area contributed by atoms with Crippen LogP contribution in [-0.2, 0) is 24.7 Å². The first-order chi connectivity index (χ1) is 23.8. The Kier molecular flexibility index (Phi) is 12.9. The molecule has 1 saturated heterocycles. The van der Waals surface area contributed by atoms with Gasteiger partial charge in [0.15, 0.2) is 12.6 Å². The molecule has 1 fully saturated rings. The molecule has 3 aromatic carbocycles. The molecule has 0 aromatic heterocycles. The summed E-state index contributed by atoms with van der Waals surface area (Å²) >= 11 is 1.17. The van der Waals surface area contributed by atoms with Crippen LogP contribution >= 0.6 is 11.8 Å². The Hall–Kier alpha value is -4.65. The highest BCUT2D eigenvalue weighted by atomic mass is 32.2. The Bertz CT molecular complexity index is 1650. The maximum absolute atomic E-state index is 13.8. The fraction of sp³-hybridized carbons (Fsp3) is 0.333. The van der Waals surface area contributed by atoms with E-state index in [1.165, 1.54) is 72.4 Å². The molecule has 1 unspecified atom stereocenters. The zero-order valence-electron chi connectivity index (χ0n) is 26.1. The van der Waals surface area contributed by atoms with Crippen LogP contribution in [0.1, 0.15) is 22.8 Å². The number of thioether (sulfide) groups is 1. The topological polar surface area (TPSA) is 235 Å². The number of rotatable bonds is 17. The van der Waals surface area contributed by atoms with Crippen LogP contribution in [0.4, 0.5) is 8.78 Å². The lowest BCUT2D eigenvalue weighted by Crippen LogP contribution is -2.69. The number of amides is 3. The Morgan fingerprint density at radius 2 is 1.42 bits per heavy atom. The fourth-order valence-electron chi connectivity index (χ4n) is 5.18. The number of β-lactam (4-membered cyclic amide) rings is 1. The minimum atomic E-state index is -2.18. The minimum Gasteiger partial charge on any atom is -0.484 e. The first-order valence-corrected chi connectivity index (χ1v) is 16.1. The number of carbonyl (C=O) groups excluding carboxylic acids is 3. The third kappa shape index (κ3) is 8.92. The van der Waals surface area contributed by atoms with Crippen molar-refractivity contribution in [3.8, 4) is 5.75 Å². The first kappa shape index (κ1) is 38.2. The highest BCUT2D eigenvalue weighted by Gasteiger charge is 2.56. The summed E-state index contributed by atoms with van der Waals surface area (Å²) in [6, 6.07) is 15.1. The van der Waals surface area contributed by atoms with Crippen molar-refractivity contribution in [3.05, 3.63) is 101 Å². The second-order valence-corrected chi connectivity index (χ2v) is 12.4. The summed E-state index contributed by atoms with van der Waals surface area (Å²) < 4.78 is 32.7. The third-order valence-corrected chi connectivity index (χ3v) is 9.32. The minimum absolute atomic E-state index is 0.0906. The average molecular weight is 720 g/mol. The Balaban J connectivity index is 1.38. The van der Waals surface area contributed by atoms with Gasteiger partial charge in [-0.3, -0.25) is 14.4 Å². The van der Waals surface area contributed by atoms with E-state index in [-0.39, 0.29) is 17.4 Å². The van der Waals surface area contributed by atoms with Gasteiger partial charge in [-0.05, 0) is 53.1 Å². The fourth-order valence-corrected chi connectivity index (χ4v) is 6.54. The maximum atomic E-state index is 13.8. The maximum Gasteiger partial charge on any atom is 0.329 e. The van der Waals surface area contributed by atoms with Gasteiger partial charge in [-0.25, -0.2) is 13.6 Å². The molecule has 14 nitrogen and oxygen atoms in total. The van der Waals surface area contributed by atoms with Crippen molar-refractivity contribution in [1.29, 1.82) is 0 Å². The van der Waals surface area contributed by atoms with Crippen LogP contribution in [0.25, 0.3) is 0 Å². The van der Waals surface area contributed by atoms with Gasteiger partial charge in [0.2, 0.25) is 11.8 Å². The van der Waals surface area contributed by atoms with Crippen LogP contribution in [0.15, 0.2) is 72.8 Å². The second-order valence-electron chi connectivity index (χ2n) is 11.3. The second kappa shape index (κ2) is 16.8. The van der Waals surface area contributed by atoms with Crippen LogP contribution < -0.4 is 20.7 Å². The van der Waals surface area contributed by atoms with E-state index in [1.807, 2.05) is 5.32 Å². The lowest BCUT2D eigenvalue weighted by Gasteiger charge is -2.50. The molecule has 0 spiro atoms. The number of halogens is 2. The van der Waals surface area contributed by atoms with E-state index in [4.69, 9.17) is 9.84 Å². The molecule has 1 aliphatic heterocycles. The predicted molar refractivity (Wildman–Crippen MR) is 173 cm³/mol. The number of aliphatic carboxylic acids is 1. The SMILES string of the molecule is O=C(COc1ccc([C@]2(c3ccc(F)cc3)NC(=O)[C@@H]2SCC(O)c2ccc(F)cc2)cc1)NCC(=O)N[C@@H](C(=O)O)[C@@H](O)[C@H](O)[C@H](O)CO. The summed E-state index contributed by atoms with van der Waals surface area (Å²) in [5.41, 5.74) is 0.484.